The number of anilines is 2. The first kappa shape index (κ1) is 26.4. The predicted octanol–water partition coefficient (Wildman–Crippen LogP) is 6.36. The van der Waals surface area contributed by atoms with Gasteiger partial charge in [0.05, 0.1) is 11.2 Å². The summed E-state index contributed by atoms with van der Waals surface area (Å²) in [4.78, 5) is 25.6. The van der Waals surface area contributed by atoms with Gasteiger partial charge < -0.3 is 20.1 Å². The van der Waals surface area contributed by atoms with Crippen LogP contribution in [0.4, 0.5) is 15.9 Å². The molecule has 2 aromatic heterocycles. The van der Waals surface area contributed by atoms with Crippen molar-refractivity contribution in [3.63, 3.8) is 0 Å². The van der Waals surface area contributed by atoms with Crippen LogP contribution in [0.2, 0.25) is 0 Å². The Bertz CT molecular complexity index is 1130. The molecule has 2 N–H and O–H groups in total. The van der Waals surface area contributed by atoms with Crippen LogP contribution in [0.5, 0.6) is 5.75 Å². The summed E-state index contributed by atoms with van der Waals surface area (Å²) in [5.74, 6) is 1.62. The number of aryl methyl sites for hydroxylation is 1. The van der Waals surface area contributed by atoms with Crippen LogP contribution in [0.1, 0.15) is 53.5 Å². The Balaban J connectivity index is 1.71. The lowest BCUT2D eigenvalue weighted by atomic mass is 9.91. The fourth-order valence-electron chi connectivity index (χ4n) is 3.77. The molecule has 8 nitrogen and oxygen atoms in total. The highest BCUT2D eigenvalue weighted by molar-refractivity contribution is 7.13. The van der Waals surface area contributed by atoms with Crippen LogP contribution in [0.25, 0.3) is 11.3 Å². The number of benzene rings is 1. The molecule has 0 bridgehead atoms. The molecular weight excluding hydrogens is 462 g/mol. The van der Waals surface area contributed by atoms with Gasteiger partial charge in [-0.25, -0.2) is 19.7 Å². The molecule has 3 rings (SSSR count). The molecule has 0 aliphatic heterocycles. The molecule has 0 radical (unpaired) electrons. The second-order valence-electron chi connectivity index (χ2n) is 10.3. The normalized spacial score (nSPS) is 13.3. The molecular formula is C26H35N5O3S. The van der Waals surface area contributed by atoms with Crippen molar-refractivity contribution >= 4 is 28.5 Å². The smallest absolute Gasteiger partial charge is 0.408 e. The molecule has 2 heterocycles. The van der Waals surface area contributed by atoms with Crippen molar-refractivity contribution in [1.29, 1.82) is 0 Å². The molecule has 0 spiro atoms. The molecule has 3 aromatic rings. The number of alkyl carbamates (subject to hydrolysis) is 1. The number of hydrogen-bond acceptors (Lipinski definition) is 8. The van der Waals surface area contributed by atoms with Gasteiger partial charge in [-0.2, -0.15) is 0 Å². The highest BCUT2D eigenvalue weighted by Gasteiger charge is 2.31. The maximum absolute atomic E-state index is 12.5. The van der Waals surface area contributed by atoms with E-state index in [1.54, 1.807) is 12.4 Å². The minimum Gasteiger partial charge on any atom is -0.491 e. The molecule has 0 aliphatic rings. The van der Waals surface area contributed by atoms with E-state index in [2.05, 4.69) is 39.4 Å². The molecule has 188 valence electrons. The average Bonchev–Trinajstić information content (AvgIpc) is 3.24. The maximum Gasteiger partial charge on any atom is 0.408 e. The zero-order valence-electron chi connectivity index (χ0n) is 21.5. The van der Waals surface area contributed by atoms with E-state index in [9.17, 15) is 4.79 Å². The fraction of sp³-hybridized carbons (Fsp3) is 0.462. The number of nitrogens with zero attached hydrogens (tertiary/aromatic N) is 3. The number of nitrogens with one attached hydrogen (secondary N) is 2. The largest absolute Gasteiger partial charge is 0.491 e. The number of hydrogen-bond donors (Lipinski definition) is 2. The van der Waals surface area contributed by atoms with Crippen LogP contribution in [0.3, 0.4) is 0 Å². The van der Waals surface area contributed by atoms with Gasteiger partial charge in [0, 0.05) is 23.3 Å². The monoisotopic (exact) mass is 497 g/mol. The predicted molar refractivity (Wildman–Crippen MR) is 140 cm³/mol. The van der Waals surface area contributed by atoms with Crippen LogP contribution in [-0.4, -0.2) is 38.8 Å². The lowest BCUT2D eigenvalue weighted by Crippen LogP contribution is -2.52. The van der Waals surface area contributed by atoms with Crippen LogP contribution in [0, 0.1) is 12.8 Å². The Morgan fingerprint density at radius 1 is 1.11 bits per heavy atom. The number of amides is 1. The Kier molecular flexibility index (Phi) is 8.32. The number of carbonyl (C=O) groups excluding carboxylic acids is 1. The van der Waals surface area contributed by atoms with Gasteiger partial charge in [0.25, 0.3) is 0 Å². The summed E-state index contributed by atoms with van der Waals surface area (Å²) in [6.45, 7) is 14.1. The van der Waals surface area contributed by atoms with Crippen LogP contribution >= 0.6 is 11.3 Å². The van der Waals surface area contributed by atoms with E-state index in [0.717, 1.165) is 34.1 Å². The van der Waals surface area contributed by atoms with Gasteiger partial charge in [0.2, 0.25) is 5.95 Å². The van der Waals surface area contributed by atoms with E-state index < -0.39 is 17.2 Å². The zero-order valence-corrected chi connectivity index (χ0v) is 22.3. The Hall–Kier alpha value is -3.20. The SMILES string of the molecule is Cc1cc(-c2ccnc(Nc3nccs3)n2)ccc1OCC(C)(CC(C)C)NC(=O)OC(C)(C)C. The number of aromatic nitrogens is 3. The van der Waals surface area contributed by atoms with Crippen molar-refractivity contribution in [3.05, 3.63) is 47.6 Å². The molecule has 1 amide bonds. The Morgan fingerprint density at radius 3 is 2.51 bits per heavy atom. The summed E-state index contributed by atoms with van der Waals surface area (Å²) in [6.07, 6.45) is 3.76. The molecule has 0 saturated carbocycles. The third-order valence-electron chi connectivity index (χ3n) is 4.99. The summed E-state index contributed by atoms with van der Waals surface area (Å²) < 4.78 is 11.7. The lowest BCUT2D eigenvalue weighted by molar-refractivity contribution is 0.0408. The number of ether oxygens (including phenoxy) is 2. The first-order valence-corrected chi connectivity index (χ1v) is 12.5. The highest BCUT2D eigenvalue weighted by Crippen LogP contribution is 2.28. The van der Waals surface area contributed by atoms with Gasteiger partial charge in [-0.1, -0.05) is 13.8 Å². The second kappa shape index (κ2) is 11.0. The summed E-state index contributed by atoms with van der Waals surface area (Å²) >= 11 is 1.49. The number of rotatable bonds is 9. The molecule has 35 heavy (non-hydrogen) atoms. The van der Waals surface area contributed by atoms with Gasteiger partial charge in [0.1, 0.15) is 18.0 Å². The van der Waals surface area contributed by atoms with Crippen molar-refractivity contribution in [1.82, 2.24) is 20.3 Å². The van der Waals surface area contributed by atoms with Crippen molar-refractivity contribution in [2.45, 2.75) is 66.0 Å². The van der Waals surface area contributed by atoms with Crippen molar-refractivity contribution in [2.24, 2.45) is 5.92 Å². The quantitative estimate of drug-likeness (QED) is 0.355. The van der Waals surface area contributed by atoms with Crippen LogP contribution in [-0.2, 0) is 4.74 Å². The molecule has 1 unspecified atom stereocenters. The Labute approximate surface area is 211 Å². The minimum atomic E-state index is -0.579. The highest BCUT2D eigenvalue weighted by atomic mass is 32.1. The van der Waals surface area contributed by atoms with E-state index >= 15 is 0 Å². The van der Waals surface area contributed by atoms with Gasteiger partial charge in [0.15, 0.2) is 5.13 Å². The van der Waals surface area contributed by atoms with Gasteiger partial charge in [-0.05, 0) is 76.8 Å². The summed E-state index contributed by atoms with van der Waals surface area (Å²) in [5.41, 5.74) is 1.58. The molecule has 0 aliphatic carbocycles. The average molecular weight is 498 g/mol. The lowest BCUT2D eigenvalue weighted by Gasteiger charge is -2.33. The fourth-order valence-corrected chi connectivity index (χ4v) is 4.29. The third kappa shape index (κ3) is 8.20. The summed E-state index contributed by atoms with van der Waals surface area (Å²) in [5, 5.41) is 8.77. The Morgan fingerprint density at radius 2 is 1.89 bits per heavy atom. The van der Waals surface area contributed by atoms with Crippen molar-refractivity contribution in [2.75, 3.05) is 11.9 Å². The number of carbonyl (C=O) groups is 1. The summed E-state index contributed by atoms with van der Waals surface area (Å²) in [7, 11) is 0. The second-order valence-corrected chi connectivity index (χ2v) is 11.2. The zero-order chi connectivity index (χ0) is 25.6. The van der Waals surface area contributed by atoms with E-state index in [4.69, 9.17) is 9.47 Å². The molecule has 0 saturated heterocycles. The van der Waals surface area contributed by atoms with Gasteiger partial charge in [-0.3, -0.25) is 0 Å². The van der Waals surface area contributed by atoms with E-state index in [-0.39, 0.29) is 0 Å². The van der Waals surface area contributed by atoms with Crippen molar-refractivity contribution in [3.8, 4) is 17.0 Å². The topological polar surface area (TPSA) is 98.3 Å². The number of thiazole rings is 1. The first-order valence-electron chi connectivity index (χ1n) is 11.7. The molecule has 0 fully saturated rings. The molecule has 9 heteroatoms. The van der Waals surface area contributed by atoms with E-state index in [1.165, 1.54) is 11.3 Å². The first-order chi connectivity index (χ1) is 16.4. The third-order valence-corrected chi connectivity index (χ3v) is 5.67. The van der Waals surface area contributed by atoms with E-state index in [0.29, 0.717) is 18.5 Å². The summed E-state index contributed by atoms with van der Waals surface area (Å²) in [6, 6.07) is 7.81. The van der Waals surface area contributed by atoms with Crippen LogP contribution in [0.15, 0.2) is 42.0 Å². The molecule has 1 atom stereocenters. The van der Waals surface area contributed by atoms with E-state index in [1.807, 2.05) is 64.3 Å². The maximum atomic E-state index is 12.5. The molecule has 1 aromatic carbocycles. The standard InChI is InChI=1S/C26H35N5O3S/c1-17(2)15-26(7,31-24(32)34-25(4,5)6)16-33-21-9-8-19(14-18(21)3)20-10-11-27-22(29-20)30-23-28-12-13-35-23/h8-14,17H,15-16H2,1-7H3,(H,31,32)(H,27,28,29,30). The minimum absolute atomic E-state index is 0.319. The van der Waals surface area contributed by atoms with Gasteiger partial charge in [-0.15, -0.1) is 11.3 Å². The van der Waals surface area contributed by atoms with Crippen LogP contribution < -0.4 is 15.4 Å². The van der Waals surface area contributed by atoms with Crippen molar-refractivity contribution < 1.29 is 14.3 Å². The van der Waals surface area contributed by atoms with Gasteiger partial charge >= 0.3 is 6.09 Å².